The highest BCUT2D eigenvalue weighted by atomic mass is 16.5. The second-order valence-corrected chi connectivity index (χ2v) is 4.67. The number of nitrogens with one attached hydrogen (secondary N) is 1. The highest BCUT2D eigenvalue weighted by molar-refractivity contribution is 5.85. The number of aromatic nitrogens is 1. The number of pyridine rings is 1. The maximum absolute atomic E-state index is 11.7. The van der Waals surface area contributed by atoms with Gasteiger partial charge in [-0.3, -0.25) is 4.79 Å². The van der Waals surface area contributed by atoms with Crippen LogP contribution in [0.15, 0.2) is 18.2 Å². The largest absolute Gasteiger partial charge is 0.482 e. The number of carboxylic acid groups (broad SMARTS) is 1. The molecule has 1 heterocycles. The summed E-state index contributed by atoms with van der Waals surface area (Å²) < 4.78 is 5.41. The molecule has 0 bridgehead atoms. The highest BCUT2D eigenvalue weighted by Crippen LogP contribution is 2.18. The number of ether oxygens (including phenoxy) is 1. The number of carboxylic acids is 1. The van der Waals surface area contributed by atoms with Crippen LogP contribution in [0.1, 0.15) is 31.7 Å². The lowest BCUT2D eigenvalue weighted by molar-refractivity contribution is -0.131. The summed E-state index contributed by atoms with van der Waals surface area (Å²) in [4.78, 5) is 26.4. The molecule has 0 aliphatic rings. The van der Waals surface area contributed by atoms with Crippen molar-refractivity contribution in [3.8, 4) is 5.75 Å². The molecule has 0 fully saturated rings. The second-order valence-electron chi connectivity index (χ2n) is 4.67. The monoisotopic (exact) mass is 292 g/mol. The van der Waals surface area contributed by atoms with Gasteiger partial charge in [-0.15, -0.1) is 0 Å². The van der Waals surface area contributed by atoms with Crippen molar-refractivity contribution in [3.05, 3.63) is 29.6 Å². The minimum absolute atomic E-state index is 0.0867. The molecule has 0 radical (unpaired) electrons. The van der Waals surface area contributed by atoms with Crippen LogP contribution in [0.2, 0.25) is 0 Å². The lowest BCUT2D eigenvalue weighted by Crippen LogP contribution is -2.35. The van der Waals surface area contributed by atoms with E-state index in [-0.39, 0.29) is 18.6 Å². The van der Waals surface area contributed by atoms with Crippen molar-refractivity contribution in [1.29, 1.82) is 0 Å². The van der Waals surface area contributed by atoms with Gasteiger partial charge < -0.3 is 15.2 Å². The van der Waals surface area contributed by atoms with E-state index in [9.17, 15) is 9.59 Å². The fraction of sp³-hybridized carbons (Fsp3) is 0.400. The van der Waals surface area contributed by atoms with E-state index in [0.29, 0.717) is 11.4 Å². The maximum Gasteiger partial charge on any atom is 0.328 e. The van der Waals surface area contributed by atoms with Gasteiger partial charge in [-0.1, -0.05) is 6.92 Å². The quantitative estimate of drug-likeness (QED) is 0.748. The molecule has 1 rings (SSSR count). The molecule has 6 nitrogen and oxygen atoms in total. The first-order valence-electron chi connectivity index (χ1n) is 6.73. The molecule has 1 unspecified atom stereocenters. The SMILES string of the molecule is CCC(C)NC(=O)COc1ccc(C)nc1C=CC(=O)O. The molecule has 0 aliphatic heterocycles. The zero-order valence-corrected chi connectivity index (χ0v) is 12.4. The molecule has 0 aromatic carbocycles. The summed E-state index contributed by atoms with van der Waals surface area (Å²) in [5.41, 5.74) is 1.12. The Bertz CT molecular complexity index is 540. The van der Waals surface area contributed by atoms with Crippen LogP contribution in [0.25, 0.3) is 6.08 Å². The summed E-state index contributed by atoms with van der Waals surface area (Å²) in [5.74, 6) is -0.922. The summed E-state index contributed by atoms with van der Waals surface area (Å²) in [6, 6.07) is 3.49. The number of hydrogen-bond acceptors (Lipinski definition) is 4. The van der Waals surface area contributed by atoms with Crippen LogP contribution in [-0.2, 0) is 9.59 Å². The molecule has 2 N–H and O–H groups in total. The van der Waals surface area contributed by atoms with E-state index in [1.54, 1.807) is 19.1 Å². The van der Waals surface area contributed by atoms with E-state index in [0.717, 1.165) is 18.2 Å². The van der Waals surface area contributed by atoms with Crippen molar-refractivity contribution in [3.63, 3.8) is 0 Å². The standard InChI is InChI=1S/C15H20N2O4/c1-4-10(2)17-14(18)9-21-13-7-5-11(3)16-12(13)6-8-15(19)20/h5-8,10H,4,9H2,1-3H3,(H,17,18)(H,19,20). The predicted molar refractivity (Wildman–Crippen MR) is 79.0 cm³/mol. The fourth-order valence-electron chi connectivity index (χ4n) is 1.52. The molecule has 1 aromatic rings. The van der Waals surface area contributed by atoms with E-state index < -0.39 is 5.97 Å². The average Bonchev–Trinajstić information content (AvgIpc) is 2.43. The van der Waals surface area contributed by atoms with Crippen LogP contribution in [-0.4, -0.2) is 34.6 Å². The van der Waals surface area contributed by atoms with Gasteiger partial charge in [-0.25, -0.2) is 9.78 Å². The highest BCUT2D eigenvalue weighted by Gasteiger charge is 2.09. The van der Waals surface area contributed by atoms with Gasteiger partial charge in [0.05, 0.1) is 0 Å². The number of amides is 1. The number of carbonyl (C=O) groups is 2. The fourth-order valence-corrected chi connectivity index (χ4v) is 1.52. The van der Waals surface area contributed by atoms with Crippen LogP contribution in [0, 0.1) is 6.92 Å². The molecule has 6 heteroatoms. The summed E-state index contributed by atoms with van der Waals surface area (Å²) in [7, 11) is 0. The lowest BCUT2D eigenvalue weighted by Gasteiger charge is -2.13. The van der Waals surface area contributed by atoms with Crippen molar-refractivity contribution in [2.75, 3.05) is 6.61 Å². The van der Waals surface area contributed by atoms with Gasteiger partial charge in [0.25, 0.3) is 5.91 Å². The third-order valence-corrected chi connectivity index (χ3v) is 2.79. The molecule has 0 aliphatic carbocycles. The Kier molecular flexibility index (Phi) is 6.39. The van der Waals surface area contributed by atoms with Gasteiger partial charge in [-0.05, 0) is 38.5 Å². The zero-order chi connectivity index (χ0) is 15.8. The Morgan fingerprint density at radius 2 is 2.19 bits per heavy atom. The summed E-state index contributed by atoms with van der Waals surface area (Å²) >= 11 is 0. The minimum Gasteiger partial charge on any atom is -0.482 e. The van der Waals surface area contributed by atoms with Gasteiger partial charge in [0.2, 0.25) is 0 Å². The Morgan fingerprint density at radius 3 is 2.81 bits per heavy atom. The molecule has 1 amide bonds. The molecule has 21 heavy (non-hydrogen) atoms. The Morgan fingerprint density at radius 1 is 1.48 bits per heavy atom. The zero-order valence-electron chi connectivity index (χ0n) is 12.4. The van der Waals surface area contributed by atoms with Crippen molar-refractivity contribution in [2.24, 2.45) is 0 Å². The van der Waals surface area contributed by atoms with Crippen molar-refractivity contribution in [1.82, 2.24) is 10.3 Å². The summed E-state index contributed by atoms with van der Waals surface area (Å²) in [6.07, 6.45) is 3.16. The Hall–Kier alpha value is -2.37. The van der Waals surface area contributed by atoms with Crippen molar-refractivity contribution < 1.29 is 19.4 Å². The number of nitrogens with zero attached hydrogens (tertiary/aromatic N) is 1. The first kappa shape index (κ1) is 16.7. The smallest absolute Gasteiger partial charge is 0.328 e. The van der Waals surface area contributed by atoms with Gasteiger partial charge in [-0.2, -0.15) is 0 Å². The molecule has 1 aromatic heterocycles. The topological polar surface area (TPSA) is 88.5 Å². The normalized spacial score (nSPS) is 12.1. The van der Waals surface area contributed by atoms with E-state index >= 15 is 0 Å². The third-order valence-electron chi connectivity index (χ3n) is 2.79. The van der Waals surface area contributed by atoms with E-state index in [1.807, 2.05) is 13.8 Å². The average molecular weight is 292 g/mol. The summed E-state index contributed by atoms with van der Waals surface area (Å²) in [6.45, 7) is 5.54. The van der Waals surface area contributed by atoms with Gasteiger partial charge in [0.15, 0.2) is 6.61 Å². The maximum atomic E-state index is 11.7. The Labute approximate surface area is 123 Å². The Balaban J connectivity index is 2.74. The van der Waals surface area contributed by atoms with E-state index in [2.05, 4.69) is 10.3 Å². The summed E-state index contributed by atoms with van der Waals surface area (Å²) in [5, 5.41) is 11.4. The number of aliphatic carboxylic acids is 1. The van der Waals surface area contributed by atoms with Crippen LogP contribution in [0.4, 0.5) is 0 Å². The van der Waals surface area contributed by atoms with Crippen LogP contribution >= 0.6 is 0 Å². The predicted octanol–water partition coefficient (Wildman–Crippen LogP) is 1.78. The second kappa shape index (κ2) is 8.04. The van der Waals surface area contributed by atoms with Gasteiger partial charge in [0.1, 0.15) is 11.4 Å². The first-order chi connectivity index (χ1) is 9.92. The molecule has 0 spiro atoms. The van der Waals surface area contributed by atoms with Gasteiger partial charge >= 0.3 is 5.97 Å². The van der Waals surface area contributed by atoms with Gasteiger partial charge in [0, 0.05) is 17.8 Å². The molecule has 1 atom stereocenters. The van der Waals surface area contributed by atoms with Crippen molar-refractivity contribution >= 4 is 18.0 Å². The molecular weight excluding hydrogens is 272 g/mol. The third kappa shape index (κ3) is 6.07. The number of aryl methyl sites for hydroxylation is 1. The van der Waals surface area contributed by atoms with E-state index in [4.69, 9.17) is 9.84 Å². The minimum atomic E-state index is -1.07. The number of rotatable bonds is 7. The van der Waals surface area contributed by atoms with Crippen LogP contribution < -0.4 is 10.1 Å². The first-order valence-corrected chi connectivity index (χ1v) is 6.73. The van der Waals surface area contributed by atoms with Crippen LogP contribution in [0.5, 0.6) is 5.75 Å². The van der Waals surface area contributed by atoms with Crippen molar-refractivity contribution in [2.45, 2.75) is 33.2 Å². The van der Waals surface area contributed by atoms with E-state index in [1.165, 1.54) is 6.08 Å². The molecular formula is C15H20N2O4. The van der Waals surface area contributed by atoms with Crippen LogP contribution in [0.3, 0.4) is 0 Å². The lowest BCUT2D eigenvalue weighted by atomic mass is 10.2. The molecule has 114 valence electrons. The molecule has 0 saturated heterocycles. The number of carbonyl (C=O) groups excluding carboxylic acids is 1. The molecule has 0 saturated carbocycles. The number of hydrogen-bond donors (Lipinski definition) is 2.